The van der Waals surface area contributed by atoms with Crippen molar-refractivity contribution in [2.45, 2.75) is 57.3 Å². The SMILES string of the molecule is CC[C@@H](C)NC(=O)CSc1nc2ccccc2c(=O)n1CCCC(=O)NCCc1ccc(OC)c(OC)c1. The highest BCUT2D eigenvalue weighted by Crippen LogP contribution is 2.27. The highest BCUT2D eigenvalue weighted by Gasteiger charge is 2.14. The Morgan fingerprint density at radius 3 is 2.58 bits per heavy atom. The average Bonchev–Trinajstić information content (AvgIpc) is 2.93. The van der Waals surface area contributed by atoms with E-state index < -0.39 is 0 Å². The molecule has 1 aromatic heterocycles. The number of nitrogens with one attached hydrogen (secondary N) is 2. The Labute approximate surface area is 227 Å². The molecule has 0 radical (unpaired) electrons. The van der Waals surface area contributed by atoms with Gasteiger partial charge in [-0.1, -0.05) is 36.9 Å². The molecule has 38 heavy (non-hydrogen) atoms. The minimum Gasteiger partial charge on any atom is -0.493 e. The zero-order valence-corrected chi connectivity index (χ0v) is 23.2. The van der Waals surface area contributed by atoms with E-state index in [0.29, 0.717) is 53.5 Å². The molecule has 3 aromatic rings. The summed E-state index contributed by atoms with van der Waals surface area (Å²) in [6.45, 7) is 4.77. The summed E-state index contributed by atoms with van der Waals surface area (Å²) in [5.74, 6) is 1.27. The van der Waals surface area contributed by atoms with E-state index in [-0.39, 0.29) is 35.6 Å². The molecule has 2 amide bonds. The Balaban J connectivity index is 1.58. The Bertz CT molecular complexity index is 1310. The first-order chi connectivity index (χ1) is 18.4. The number of hydrogen-bond acceptors (Lipinski definition) is 7. The van der Waals surface area contributed by atoms with Gasteiger partial charge in [-0.3, -0.25) is 19.0 Å². The van der Waals surface area contributed by atoms with E-state index >= 15 is 0 Å². The van der Waals surface area contributed by atoms with Gasteiger partial charge in [0, 0.05) is 25.6 Å². The van der Waals surface area contributed by atoms with Crippen molar-refractivity contribution in [2.24, 2.45) is 0 Å². The number of nitrogens with zero attached hydrogens (tertiary/aromatic N) is 2. The third-order valence-electron chi connectivity index (χ3n) is 6.15. The van der Waals surface area contributed by atoms with Crippen molar-refractivity contribution < 1.29 is 19.1 Å². The molecule has 0 saturated heterocycles. The molecular weight excluding hydrogens is 504 g/mol. The molecule has 0 spiro atoms. The third kappa shape index (κ3) is 7.98. The number of fused-ring (bicyclic) bond motifs is 1. The molecule has 3 rings (SSSR count). The van der Waals surface area contributed by atoms with Crippen molar-refractivity contribution in [3.63, 3.8) is 0 Å². The maximum Gasteiger partial charge on any atom is 0.262 e. The maximum absolute atomic E-state index is 13.2. The van der Waals surface area contributed by atoms with Gasteiger partial charge in [0.15, 0.2) is 16.7 Å². The highest BCUT2D eigenvalue weighted by molar-refractivity contribution is 7.99. The lowest BCUT2D eigenvalue weighted by molar-refractivity contribution is -0.121. The number of hydrogen-bond donors (Lipinski definition) is 2. The fourth-order valence-corrected chi connectivity index (χ4v) is 4.71. The van der Waals surface area contributed by atoms with Crippen LogP contribution in [0.1, 0.15) is 38.7 Å². The summed E-state index contributed by atoms with van der Waals surface area (Å²) < 4.78 is 12.2. The van der Waals surface area contributed by atoms with Crippen LogP contribution in [0.5, 0.6) is 11.5 Å². The van der Waals surface area contributed by atoms with Crippen LogP contribution in [-0.2, 0) is 22.6 Å². The van der Waals surface area contributed by atoms with Crippen LogP contribution in [0, 0.1) is 0 Å². The molecule has 1 heterocycles. The summed E-state index contributed by atoms with van der Waals surface area (Å²) in [6, 6.07) is 12.9. The largest absolute Gasteiger partial charge is 0.493 e. The third-order valence-corrected chi connectivity index (χ3v) is 7.12. The predicted molar refractivity (Wildman–Crippen MR) is 150 cm³/mol. The van der Waals surface area contributed by atoms with Crippen LogP contribution in [0.25, 0.3) is 10.9 Å². The van der Waals surface area contributed by atoms with E-state index in [0.717, 1.165) is 12.0 Å². The minimum atomic E-state index is -0.172. The lowest BCUT2D eigenvalue weighted by Crippen LogP contribution is -2.33. The number of amides is 2. The van der Waals surface area contributed by atoms with Gasteiger partial charge in [0.1, 0.15) is 0 Å². The molecule has 1 atom stereocenters. The zero-order chi connectivity index (χ0) is 27.5. The monoisotopic (exact) mass is 540 g/mol. The van der Waals surface area contributed by atoms with Gasteiger partial charge in [0.25, 0.3) is 5.56 Å². The predicted octanol–water partition coefficient (Wildman–Crippen LogP) is 3.56. The summed E-state index contributed by atoms with van der Waals surface area (Å²) in [7, 11) is 3.18. The molecule has 9 nitrogen and oxygen atoms in total. The Hall–Kier alpha value is -3.53. The van der Waals surface area contributed by atoms with Crippen LogP contribution in [0.2, 0.25) is 0 Å². The number of ether oxygens (including phenoxy) is 2. The van der Waals surface area contributed by atoms with E-state index in [4.69, 9.17) is 9.47 Å². The molecule has 0 bridgehead atoms. The van der Waals surface area contributed by atoms with E-state index in [9.17, 15) is 14.4 Å². The molecule has 0 unspecified atom stereocenters. The van der Waals surface area contributed by atoms with Crippen LogP contribution >= 0.6 is 11.8 Å². The summed E-state index contributed by atoms with van der Waals surface area (Å²) in [5, 5.41) is 6.85. The Kier molecular flexibility index (Phi) is 11.0. The number of methoxy groups -OCH3 is 2. The first kappa shape index (κ1) is 29.0. The summed E-state index contributed by atoms with van der Waals surface area (Å²) in [6.07, 6.45) is 2.23. The van der Waals surface area contributed by atoms with Crippen molar-refractivity contribution in [3.8, 4) is 11.5 Å². The van der Waals surface area contributed by atoms with Crippen LogP contribution in [-0.4, -0.2) is 53.9 Å². The van der Waals surface area contributed by atoms with Gasteiger partial charge in [-0.05, 0) is 56.0 Å². The molecular formula is C28H36N4O5S. The van der Waals surface area contributed by atoms with Gasteiger partial charge >= 0.3 is 0 Å². The van der Waals surface area contributed by atoms with Crippen LogP contribution in [0.3, 0.4) is 0 Å². The number of benzene rings is 2. The van der Waals surface area contributed by atoms with Crippen molar-refractivity contribution in [1.82, 2.24) is 20.2 Å². The van der Waals surface area contributed by atoms with Gasteiger partial charge in [-0.15, -0.1) is 0 Å². The van der Waals surface area contributed by atoms with E-state index in [2.05, 4.69) is 15.6 Å². The second kappa shape index (κ2) is 14.4. The van der Waals surface area contributed by atoms with Crippen molar-refractivity contribution in [3.05, 3.63) is 58.4 Å². The Morgan fingerprint density at radius 2 is 1.84 bits per heavy atom. The maximum atomic E-state index is 13.2. The van der Waals surface area contributed by atoms with E-state index in [1.807, 2.05) is 38.1 Å². The van der Waals surface area contributed by atoms with Gasteiger partial charge < -0.3 is 20.1 Å². The fraction of sp³-hybridized carbons (Fsp3) is 0.429. The topological polar surface area (TPSA) is 112 Å². The van der Waals surface area contributed by atoms with Gasteiger partial charge in [-0.25, -0.2) is 4.98 Å². The highest BCUT2D eigenvalue weighted by atomic mass is 32.2. The number of thioether (sulfide) groups is 1. The van der Waals surface area contributed by atoms with Crippen LogP contribution in [0.15, 0.2) is 52.4 Å². The number of carbonyl (C=O) groups excluding carboxylic acids is 2. The lowest BCUT2D eigenvalue weighted by Gasteiger charge is -2.14. The van der Waals surface area contributed by atoms with Gasteiger partial charge in [0.05, 0.1) is 30.9 Å². The second-order valence-electron chi connectivity index (χ2n) is 8.93. The van der Waals surface area contributed by atoms with Crippen LogP contribution < -0.4 is 25.7 Å². The number of para-hydroxylation sites is 1. The first-order valence-corrected chi connectivity index (χ1v) is 13.7. The number of rotatable bonds is 14. The second-order valence-corrected chi connectivity index (χ2v) is 9.87. The standard InChI is InChI=1S/C28H36N4O5S/c1-5-19(2)30-26(34)18-38-28-31-22-10-7-6-9-21(22)27(35)32(28)16-8-11-25(33)29-15-14-20-12-13-23(36-3)24(17-20)37-4/h6-7,9-10,12-13,17,19H,5,8,11,14-16,18H2,1-4H3,(H,29,33)(H,30,34)/t19-/m1/s1. The molecule has 0 saturated carbocycles. The number of carbonyl (C=O) groups is 2. The molecule has 204 valence electrons. The van der Waals surface area contributed by atoms with Crippen molar-refractivity contribution in [1.29, 1.82) is 0 Å². The molecule has 2 N–H and O–H groups in total. The summed E-state index contributed by atoms with van der Waals surface area (Å²) >= 11 is 1.23. The van der Waals surface area contributed by atoms with Crippen molar-refractivity contribution >= 4 is 34.5 Å². The van der Waals surface area contributed by atoms with Gasteiger partial charge in [0.2, 0.25) is 11.8 Å². The molecule has 0 aliphatic heterocycles. The molecule has 0 aliphatic rings. The van der Waals surface area contributed by atoms with E-state index in [1.54, 1.807) is 37.0 Å². The normalized spacial score (nSPS) is 11.7. The minimum absolute atomic E-state index is 0.0834. The molecule has 0 aliphatic carbocycles. The quantitative estimate of drug-likeness (QED) is 0.238. The fourth-order valence-electron chi connectivity index (χ4n) is 3.87. The van der Waals surface area contributed by atoms with Gasteiger partial charge in [-0.2, -0.15) is 0 Å². The smallest absolute Gasteiger partial charge is 0.262 e. The lowest BCUT2D eigenvalue weighted by atomic mass is 10.1. The molecule has 0 fully saturated rings. The summed E-state index contributed by atoms with van der Waals surface area (Å²) in [4.78, 5) is 42.6. The van der Waals surface area contributed by atoms with Crippen molar-refractivity contribution in [2.75, 3.05) is 26.5 Å². The zero-order valence-electron chi connectivity index (χ0n) is 22.4. The number of aromatic nitrogens is 2. The van der Waals surface area contributed by atoms with E-state index in [1.165, 1.54) is 11.8 Å². The molecule has 10 heteroatoms. The van der Waals surface area contributed by atoms with Crippen LogP contribution in [0.4, 0.5) is 0 Å². The molecule has 2 aromatic carbocycles. The Morgan fingerprint density at radius 1 is 1.08 bits per heavy atom. The average molecular weight is 541 g/mol. The first-order valence-electron chi connectivity index (χ1n) is 12.8. The summed E-state index contributed by atoms with van der Waals surface area (Å²) in [5.41, 5.74) is 1.44.